The van der Waals surface area contributed by atoms with E-state index < -0.39 is 0 Å². The monoisotopic (exact) mass is 163 g/mol. The smallest absolute Gasteiger partial charge is 0.192 e. The molecule has 0 aliphatic rings. The second-order valence-electron chi connectivity index (χ2n) is 2.88. The topological polar surface area (TPSA) is 50.7 Å². The first-order valence-electron chi connectivity index (χ1n) is 3.70. The number of rotatable bonds is 0. The summed E-state index contributed by atoms with van der Waals surface area (Å²) in [4.78, 5) is 14.4. The van der Waals surface area contributed by atoms with Crippen LogP contribution in [0, 0.1) is 6.92 Å². The maximum atomic E-state index is 11.3. The zero-order valence-corrected chi connectivity index (χ0v) is 6.96. The van der Waals surface area contributed by atoms with Crippen molar-refractivity contribution in [3.8, 4) is 0 Å². The Morgan fingerprint density at radius 2 is 2.33 bits per heavy atom. The van der Waals surface area contributed by atoms with E-state index in [2.05, 4.69) is 10.1 Å². The average Bonchev–Trinajstić information content (AvgIpc) is 2.29. The number of aromatic nitrogens is 3. The predicted molar refractivity (Wildman–Crippen MR) is 46.1 cm³/mol. The number of hydrogen-bond acceptors (Lipinski definition) is 2. The van der Waals surface area contributed by atoms with E-state index in [0.29, 0.717) is 11.0 Å². The van der Waals surface area contributed by atoms with E-state index in [-0.39, 0.29) is 5.43 Å². The van der Waals surface area contributed by atoms with Crippen LogP contribution in [-0.4, -0.2) is 14.8 Å². The molecule has 1 N–H and O–H groups in total. The number of aryl methyl sites for hydroxylation is 2. The first-order chi connectivity index (χ1) is 5.66. The third-order valence-corrected chi connectivity index (χ3v) is 1.76. The minimum atomic E-state index is 0.0225. The van der Waals surface area contributed by atoms with Crippen LogP contribution in [0.5, 0.6) is 0 Å². The Labute approximate surface area is 68.8 Å². The lowest BCUT2D eigenvalue weighted by Crippen LogP contribution is -2.00. The van der Waals surface area contributed by atoms with Gasteiger partial charge in [0.15, 0.2) is 11.1 Å². The molecule has 0 saturated carbocycles. The molecule has 0 radical (unpaired) electrons. The van der Waals surface area contributed by atoms with E-state index in [0.717, 1.165) is 5.69 Å². The van der Waals surface area contributed by atoms with Gasteiger partial charge in [-0.1, -0.05) is 0 Å². The van der Waals surface area contributed by atoms with Crippen molar-refractivity contribution in [2.45, 2.75) is 6.92 Å². The van der Waals surface area contributed by atoms with Crippen molar-refractivity contribution in [3.63, 3.8) is 0 Å². The number of fused-ring (bicyclic) bond motifs is 1. The second kappa shape index (κ2) is 2.20. The fourth-order valence-corrected chi connectivity index (χ4v) is 1.26. The Bertz CT molecular complexity index is 480. The summed E-state index contributed by atoms with van der Waals surface area (Å²) in [6, 6.07) is 1.57. The van der Waals surface area contributed by atoms with Crippen LogP contribution >= 0.6 is 0 Å². The summed E-state index contributed by atoms with van der Waals surface area (Å²) in [6.07, 6.45) is 1.72. The van der Waals surface area contributed by atoms with Crippen molar-refractivity contribution in [1.82, 2.24) is 14.8 Å². The molecule has 0 spiro atoms. The van der Waals surface area contributed by atoms with Gasteiger partial charge in [-0.2, -0.15) is 5.10 Å². The van der Waals surface area contributed by atoms with E-state index in [1.54, 1.807) is 24.0 Å². The molecule has 4 nitrogen and oxygen atoms in total. The van der Waals surface area contributed by atoms with Gasteiger partial charge in [0.2, 0.25) is 0 Å². The standard InChI is InChI=1S/C8H9N3O/c1-5-3-7(12)6-4-11(2)10-8(6)9-5/h3-4H,1-2H3,(H,9,10). The maximum Gasteiger partial charge on any atom is 0.192 e. The molecule has 0 atom stereocenters. The van der Waals surface area contributed by atoms with Gasteiger partial charge in [-0.05, 0) is 6.92 Å². The van der Waals surface area contributed by atoms with Crippen LogP contribution in [0.1, 0.15) is 5.69 Å². The minimum Gasteiger partial charge on any atom is -0.342 e. The Morgan fingerprint density at radius 3 is 3.08 bits per heavy atom. The van der Waals surface area contributed by atoms with Crippen LogP contribution in [-0.2, 0) is 7.05 Å². The van der Waals surface area contributed by atoms with Crippen LogP contribution in [0.2, 0.25) is 0 Å². The Balaban J connectivity index is 2.98. The Kier molecular flexibility index (Phi) is 1.30. The van der Waals surface area contributed by atoms with Gasteiger partial charge in [0.05, 0.1) is 5.39 Å². The quantitative estimate of drug-likeness (QED) is 0.617. The molecule has 0 bridgehead atoms. The van der Waals surface area contributed by atoms with Crippen molar-refractivity contribution >= 4 is 11.0 Å². The molecular weight excluding hydrogens is 154 g/mol. The molecule has 0 saturated heterocycles. The molecule has 0 unspecified atom stereocenters. The zero-order valence-electron chi connectivity index (χ0n) is 6.96. The van der Waals surface area contributed by atoms with E-state index in [1.807, 2.05) is 6.92 Å². The number of nitrogens with one attached hydrogen (secondary N) is 1. The summed E-state index contributed by atoms with van der Waals surface area (Å²) in [6.45, 7) is 1.84. The highest BCUT2D eigenvalue weighted by Crippen LogP contribution is 2.03. The third-order valence-electron chi connectivity index (χ3n) is 1.76. The van der Waals surface area contributed by atoms with E-state index >= 15 is 0 Å². The highest BCUT2D eigenvalue weighted by molar-refractivity contribution is 5.73. The van der Waals surface area contributed by atoms with Crippen LogP contribution in [0.15, 0.2) is 17.1 Å². The Morgan fingerprint density at radius 1 is 1.58 bits per heavy atom. The first kappa shape index (κ1) is 7.09. The molecule has 2 aromatic heterocycles. The van der Waals surface area contributed by atoms with Crippen molar-refractivity contribution in [2.75, 3.05) is 0 Å². The molecule has 62 valence electrons. The van der Waals surface area contributed by atoms with E-state index in [4.69, 9.17) is 0 Å². The first-order valence-corrected chi connectivity index (χ1v) is 3.70. The fourth-order valence-electron chi connectivity index (χ4n) is 1.26. The van der Waals surface area contributed by atoms with Gasteiger partial charge in [0, 0.05) is 25.0 Å². The summed E-state index contributed by atoms with van der Waals surface area (Å²) in [5, 5.41) is 4.74. The molecule has 12 heavy (non-hydrogen) atoms. The minimum absolute atomic E-state index is 0.0225. The number of hydrogen-bond donors (Lipinski definition) is 1. The van der Waals surface area contributed by atoms with Gasteiger partial charge in [-0.25, -0.2) is 0 Å². The number of H-pyrrole nitrogens is 1. The molecule has 2 heterocycles. The van der Waals surface area contributed by atoms with Crippen LogP contribution in [0.25, 0.3) is 11.0 Å². The lowest BCUT2D eigenvalue weighted by molar-refractivity contribution is 0.775. The van der Waals surface area contributed by atoms with Crippen molar-refractivity contribution < 1.29 is 0 Å². The molecule has 0 aliphatic carbocycles. The predicted octanol–water partition coefficient (Wildman–Crippen LogP) is 0.570. The van der Waals surface area contributed by atoms with Crippen molar-refractivity contribution in [3.05, 3.63) is 28.2 Å². The summed E-state index contributed by atoms with van der Waals surface area (Å²) >= 11 is 0. The largest absolute Gasteiger partial charge is 0.342 e. The molecule has 0 aromatic carbocycles. The molecule has 0 amide bonds. The molecule has 4 heteroatoms. The lowest BCUT2D eigenvalue weighted by Gasteiger charge is -1.90. The SMILES string of the molecule is Cc1cc(=O)c2cn(C)nc2[nH]1. The maximum absolute atomic E-state index is 11.3. The molecule has 2 aromatic rings. The highest BCUT2D eigenvalue weighted by atomic mass is 16.1. The zero-order chi connectivity index (χ0) is 8.72. The molecule has 0 fully saturated rings. The van der Waals surface area contributed by atoms with Gasteiger partial charge < -0.3 is 4.98 Å². The second-order valence-corrected chi connectivity index (χ2v) is 2.88. The molecular formula is C8H9N3O. The van der Waals surface area contributed by atoms with E-state index in [1.165, 1.54) is 0 Å². The fraction of sp³-hybridized carbons (Fsp3) is 0.250. The van der Waals surface area contributed by atoms with E-state index in [9.17, 15) is 4.79 Å². The number of aromatic amines is 1. The summed E-state index contributed by atoms with van der Waals surface area (Å²) in [5.74, 6) is 0. The van der Waals surface area contributed by atoms with Gasteiger partial charge in [-0.3, -0.25) is 9.48 Å². The third kappa shape index (κ3) is 0.922. The lowest BCUT2D eigenvalue weighted by atomic mass is 10.3. The molecule has 0 aliphatic heterocycles. The molecule has 2 rings (SSSR count). The average molecular weight is 163 g/mol. The summed E-state index contributed by atoms with van der Waals surface area (Å²) < 4.78 is 1.63. The van der Waals surface area contributed by atoms with Crippen molar-refractivity contribution in [1.29, 1.82) is 0 Å². The number of nitrogens with zero attached hydrogens (tertiary/aromatic N) is 2. The number of pyridine rings is 1. The highest BCUT2D eigenvalue weighted by Gasteiger charge is 2.02. The van der Waals surface area contributed by atoms with Gasteiger partial charge in [0.25, 0.3) is 0 Å². The van der Waals surface area contributed by atoms with Crippen LogP contribution < -0.4 is 5.43 Å². The van der Waals surface area contributed by atoms with Gasteiger partial charge in [0.1, 0.15) is 0 Å². The van der Waals surface area contributed by atoms with Crippen LogP contribution in [0.4, 0.5) is 0 Å². The van der Waals surface area contributed by atoms with Crippen LogP contribution in [0.3, 0.4) is 0 Å². The summed E-state index contributed by atoms with van der Waals surface area (Å²) in [7, 11) is 1.79. The van der Waals surface area contributed by atoms with Gasteiger partial charge in [-0.15, -0.1) is 0 Å². The Hall–Kier alpha value is -1.58. The van der Waals surface area contributed by atoms with Gasteiger partial charge >= 0.3 is 0 Å². The van der Waals surface area contributed by atoms with Crippen molar-refractivity contribution in [2.24, 2.45) is 7.05 Å². The summed E-state index contributed by atoms with van der Waals surface area (Å²) in [5.41, 5.74) is 1.52. The normalized spacial score (nSPS) is 10.8.